The first-order valence-corrected chi connectivity index (χ1v) is 12.6. The smallest absolute Gasteiger partial charge is 0.226 e. The van der Waals surface area contributed by atoms with E-state index in [2.05, 4.69) is 53.8 Å². The highest BCUT2D eigenvalue weighted by atomic mass is 35.5. The molecule has 0 bridgehead atoms. The van der Waals surface area contributed by atoms with Gasteiger partial charge in [0.15, 0.2) is 0 Å². The van der Waals surface area contributed by atoms with Gasteiger partial charge in [-0.1, -0.05) is 66.1 Å². The molecule has 0 unspecified atom stereocenters. The molecule has 5 nitrogen and oxygen atoms in total. The van der Waals surface area contributed by atoms with Crippen LogP contribution >= 0.6 is 11.6 Å². The second-order valence-electron chi connectivity index (χ2n) is 11.1. The number of nitrogens with zero attached hydrogens (tertiary/aromatic N) is 1. The van der Waals surface area contributed by atoms with E-state index in [0.29, 0.717) is 31.2 Å². The van der Waals surface area contributed by atoms with E-state index in [9.17, 15) is 5.11 Å². The lowest BCUT2D eigenvalue weighted by atomic mass is 9.78. The van der Waals surface area contributed by atoms with Gasteiger partial charge in [-0.2, -0.15) is 0 Å². The average Bonchev–Trinajstić information content (AvgIpc) is 3.23. The summed E-state index contributed by atoms with van der Waals surface area (Å²) in [5.41, 5.74) is 5.01. The van der Waals surface area contributed by atoms with Crippen molar-refractivity contribution < 1.29 is 14.3 Å². The molecular formula is C29H39ClN2O3. The van der Waals surface area contributed by atoms with Crippen molar-refractivity contribution >= 4 is 11.6 Å². The number of phenolic OH excluding ortho intramolecular Hbond substituents is 1. The third kappa shape index (κ3) is 6.39. The molecule has 35 heavy (non-hydrogen) atoms. The number of aromatic hydroxyl groups is 1. The molecule has 0 atom stereocenters. The number of aromatic nitrogens is 1. The Morgan fingerprint density at radius 2 is 1.69 bits per heavy atom. The zero-order valence-corrected chi connectivity index (χ0v) is 23.1. The maximum atomic E-state index is 11.0. The average molecular weight is 499 g/mol. The van der Waals surface area contributed by atoms with Crippen molar-refractivity contribution in [3.8, 4) is 23.0 Å². The standard InChI is InChI=1S/C29H39ClN2O3/c1-9-31-16-21-24(11-10-18(2)25(21)30)34-13-12-20-17-35-27(32-20)19-14-22(28(3,4)5)26(33)23(15-19)29(6,7)8/h10-11,14-15,17,31,33H,9,12-13,16H2,1-8H3. The van der Waals surface area contributed by atoms with Gasteiger partial charge in [0, 0.05) is 35.2 Å². The van der Waals surface area contributed by atoms with E-state index < -0.39 is 0 Å². The Balaban J connectivity index is 1.81. The maximum Gasteiger partial charge on any atom is 0.226 e. The van der Waals surface area contributed by atoms with Crippen LogP contribution in [0.1, 0.15) is 76.4 Å². The molecule has 1 aromatic heterocycles. The second-order valence-corrected chi connectivity index (χ2v) is 11.5. The maximum absolute atomic E-state index is 11.0. The van der Waals surface area contributed by atoms with Crippen LogP contribution in [0.4, 0.5) is 0 Å². The Kier molecular flexibility index (Phi) is 8.23. The fourth-order valence-corrected chi connectivity index (χ4v) is 4.21. The van der Waals surface area contributed by atoms with E-state index in [1.165, 1.54) is 0 Å². The minimum Gasteiger partial charge on any atom is -0.507 e. The molecule has 2 aromatic carbocycles. The molecule has 0 saturated heterocycles. The van der Waals surface area contributed by atoms with Crippen LogP contribution in [-0.4, -0.2) is 23.2 Å². The van der Waals surface area contributed by atoms with Gasteiger partial charge in [-0.25, -0.2) is 4.98 Å². The van der Waals surface area contributed by atoms with Crippen molar-refractivity contribution in [1.82, 2.24) is 10.3 Å². The fourth-order valence-electron chi connectivity index (χ4n) is 3.99. The molecule has 0 aliphatic carbocycles. The van der Waals surface area contributed by atoms with Gasteiger partial charge in [0.25, 0.3) is 0 Å². The van der Waals surface area contributed by atoms with Crippen molar-refractivity contribution in [2.24, 2.45) is 0 Å². The van der Waals surface area contributed by atoms with Gasteiger partial charge in [0.05, 0.1) is 17.3 Å². The van der Waals surface area contributed by atoms with Crippen molar-refractivity contribution in [2.45, 2.75) is 79.2 Å². The van der Waals surface area contributed by atoms with E-state index in [-0.39, 0.29) is 10.8 Å². The van der Waals surface area contributed by atoms with E-state index >= 15 is 0 Å². The summed E-state index contributed by atoms with van der Waals surface area (Å²) in [4.78, 5) is 4.72. The molecule has 1 heterocycles. The molecule has 0 spiro atoms. The number of aryl methyl sites for hydroxylation is 1. The van der Waals surface area contributed by atoms with Crippen molar-refractivity contribution in [3.05, 3.63) is 63.5 Å². The summed E-state index contributed by atoms with van der Waals surface area (Å²) in [6.07, 6.45) is 2.28. The van der Waals surface area contributed by atoms with E-state index in [1.54, 1.807) is 6.26 Å². The first-order valence-electron chi connectivity index (χ1n) is 12.3. The Labute approximate surface area is 214 Å². The van der Waals surface area contributed by atoms with Gasteiger partial charge in [-0.3, -0.25) is 0 Å². The number of hydrogen-bond acceptors (Lipinski definition) is 5. The van der Waals surface area contributed by atoms with Gasteiger partial charge in [-0.05, 0) is 48.1 Å². The van der Waals surface area contributed by atoms with Gasteiger partial charge in [0.1, 0.15) is 17.8 Å². The Morgan fingerprint density at radius 1 is 1.06 bits per heavy atom. The Morgan fingerprint density at radius 3 is 2.26 bits per heavy atom. The molecular weight excluding hydrogens is 460 g/mol. The molecule has 3 rings (SSSR count). The van der Waals surface area contributed by atoms with Crippen molar-refractivity contribution in [1.29, 1.82) is 0 Å². The molecule has 0 radical (unpaired) electrons. The molecule has 0 amide bonds. The van der Waals surface area contributed by atoms with Crippen LogP contribution in [0.2, 0.25) is 5.02 Å². The van der Waals surface area contributed by atoms with Crippen LogP contribution in [0.25, 0.3) is 11.5 Å². The minimum absolute atomic E-state index is 0.219. The molecule has 2 N–H and O–H groups in total. The highest BCUT2D eigenvalue weighted by Gasteiger charge is 2.27. The predicted octanol–water partition coefficient (Wildman–Crippen LogP) is 7.34. The summed E-state index contributed by atoms with van der Waals surface area (Å²) < 4.78 is 12.0. The van der Waals surface area contributed by atoms with Gasteiger partial charge < -0.3 is 19.6 Å². The molecule has 0 aliphatic heterocycles. The summed E-state index contributed by atoms with van der Waals surface area (Å²) in [6, 6.07) is 7.92. The lowest BCUT2D eigenvalue weighted by Gasteiger charge is -2.27. The summed E-state index contributed by atoms with van der Waals surface area (Å²) in [5.74, 6) is 1.68. The molecule has 6 heteroatoms. The van der Waals surface area contributed by atoms with E-state index in [0.717, 1.165) is 50.8 Å². The van der Waals surface area contributed by atoms with Crippen LogP contribution in [0, 0.1) is 6.92 Å². The lowest BCUT2D eigenvalue weighted by Crippen LogP contribution is -2.17. The number of oxazole rings is 1. The SMILES string of the molecule is CCNCc1c(OCCc2coc(-c3cc(C(C)(C)C)c(O)c(C(C)(C)C)c3)n2)ccc(C)c1Cl. The quantitative estimate of drug-likeness (QED) is 0.340. The van der Waals surface area contributed by atoms with Crippen molar-refractivity contribution in [3.63, 3.8) is 0 Å². The number of ether oxygens (including phenoxy) is 1. The third-order valence-corrected chi connectivity index (χ3v) is 6.61. The summed E-state index contributed by atoms with van der Waals surface area (Å²) >= 11 is 6.54. The highest BCUT2D eigenvalue weighted by molar-refractivity contribution is 6.32. The minimum atomic E-state index is -0.219. The third-order valence-electron chi connectivity index (χ3n) is 6.09. The van der Waals surface area contributed by atoms with Crippen LogP contribution in [-0.2, 0) is 23.8 Å². The predicted molar refractivity (Wildman–Crippen MR) is 144 cm³/mol. The fraction of sp³-hybridized carbons (Fsp3) is 0.483. The highest BCUT2D eigenvalue weighted by Crippen LogP contribution is 2.41. The van der Waals surface area contributed by atoms with Crippen LogP contribution in [0.5, 0.6) is 11.5 Å². The normalized spacial score (nSPS) is 12.3. The molecule has 190 valence electrons. The monoisotopic (exact) mass is 498 g/mol. The number of rotatable bonds is 8. The second kappa shape index (κ2) is 10.6. The zero-order chi connectivity index (χ0) is 26.0. The Bertz CT molecular complexity index is 1130. The van der Waals surface area contributed by atoms with Gasteiger partial charge in [-0.15, -0.1) is 0 Å². The number of phenols is 1. The largest absolute Gasteiger partial charge is 0.507 e. The summed E-state index contributed by atoms with van der Waals surface area (Å²) in [5, 5.41) is 15.1. The summed E-state index contributed by atoms with van der Waals surface area (Å²) in [7, 11) is 0. The zero-order valence-electron chi connectivity index (χ0n) is 22.3. The summed E-state index contributed by atoms with van der Waals surface area (Å²) in [6.45, 7) is 18.6. The van der Waals surface area contributed by atoms with Crippen LogP contribution in [0.3, 0.4) is 0 Å². The first-order chi connectivity index (χ1) is 16.3. The van der Waals surface area contributed by atoms with E-state index in [1.807, 2.05) is 31.2 Å². The Hall–Kier alpha value is -2.50. The number of hydrogen-bond donors (Lipinski definition) is 2. The molecule has 0 aliphatic rings. The topological polar surface area (TPSA) is 67.5 Å². The van der Waals surface area contributed by atoms with Crippen LogP contribution in [0.15, 0.2) is 34.9 Å². The number of halogens is 1. The lowest BCUT2D eigenvalue weighted by molar-refractivity contribution is 0.316. The van der Waals surface area contributed by atoms with Crippen molar-refractivity contribution in [2.75, 3.05) is 13.2 Å². The molecule has 0 saturated carbocycles. The van der Waals surface area contributed by atoms with Gasteiger partial charge in [0.2, 0.25) is 5.89 Å². The first kappa shape index (κ1) is 27.1. The number of nitrogens with one attached hydrogen (secondary N) is 1. The van der Waals surface area contributed by atoms with Gasteiger partial charge >= 0.3 is 0 Å². The molecule has 0 fully saturated rings. The molecule has 3 aromatic rings. The number of benzene rings is 2. The van der Waals surface area contributed by atoms with Crippen LogP contribution < -0.4 is 10.1 Å². The van der Waals surface area contributed by atoms with E-state index in [4.69, 9.17) is 25.7 Å².